The second kappa shape index (κ2) is 8.56. The van der Waals surface area contributed by atoms with Crippen molar-refractivity contribution in [1.82, 2.24) is 9.80 Å². The van der Waals surface area contributed by atoms with Crippen LogP contribution in [0.2, 0.25) is 0 Å². The fourth-order valence-corrected chi connectivity index (χ4v) is 3.13. The van der Waals surface area contributed by atoms with Gasteiger partial charge in [-0.3, -0.25) is 19.3 Å². The molecule has 0 fully saturated rings. The van der Waals surface area contributed by atoms with Gasteiger partial charge >= 0.3 is 0 Å². The van der Waals surface area contributed by atoms with E-state index in [1.165, 1.54) is 18.2 Å². The Balaban J connectivity index is 1.72. The smallest absolute Gasteiger partial charge is 0.261 e. The average molecular weight is 390 g/mol. The van der Waals surface area contributed by atoms with Gasteiger partial charge in [-0.2, -0.15) is 0 Å². The minimum Gasteiger partial charge on any atom is -0.490 e. The van der Waals surface area contributed by atoms with Gasteiger partial charge in [0.1, 0.15) is 12.4 Å². The highest BCUT2D eigenvalue weighted by Gasteiger charge is 2.35. The van der Waals surface area contributed by atoms with Gasteiger partial charge in [-0.05, 0) is 35.9 Å². The summed E-state index contributed by atoms with van der Waals surface area (Å²) in [7, 11) is 1.69. The van der Waals surface area contributed by atoms with E-state index < -0.39 is 5.91 Å². The fourth-order valence-electron chi connectivity index (χ4n) is 3.13. The molecule has 6 nitrogen and oxygen atoms in total. The predicted molar refractivity (Wildman–Crippen MR) is 110 cm³/mol. The summed E-state index contributed by atoms with van der Waals surface area (Å²) in [6.07, 6.45) is 3.17. The third-order valence-electron chi connectivity index (χ3n) is 4.59. The largest absolute Gasteiger partial charge is 0.490 e. The van der Waals surface area contributed by atoms with Crippen molar-refractivity contribution >= 4 is 17.7 Å². The molecular weight excluding hydrogens is 368 g/mol. The van der Waals surface area contributed by atoms with Gasteiger partial charge in [-0.25, -0.2) is 0 Å². The van der Waals surface area contributed by atoms with E-state index in [4.69, 9.17) is 4.74 Å². The Morgan fingerprint density at radius 2 is 1.72 bits per heavy atom. The van der Waals surface area contributed by atoms with Gasteiger partial charge in [-0.1, -0.05) is 30.9 Å². The first-order valence-electron chi connectivity index (χ1n) is 9.15. The molecule has 0 N–H and O–H groups in total. The molecule has 6 heteroatoms. The minimum atomic E-state index is -0.405. The summed E-state index contributed by atoms with van der Waals surface area (Å²) < 4.78 is 5.45. The summed E-state index contributed by atoms with van der Waals surface area (Å²) in [5.41, 5.74) is 1.86. The lowest BCUT2D eigenvalue weighted by atomic mass is 10.0. The Labute approximate surface area is 169 Å². The zero-order chi connectivity index (χ0) is 21.0. The molecule has 0 spiro atoms. The Hall–Kier alpha value is -3.67. The normalized spacial score (nSPS) is 12.5. The Morgan fingerprint density at radius 3 is 2.38 bits per heavy atom. The van der Waals surface area contributed by atoms with Gasteiger partial charge in [0.25, 0.3) is 17.7 Å². The molecule has 0 aromatic heterocycles. The first-order valence-corrected chi connectivity index (χ1v) is 9.15. The molecule has 1 heterocycles. The maximum atomic E-state index is 12.8. The van der Waals surface area contributed by atoms with E-state index in [1.807, 2.05) is 24.3 Å². The number of nitrogens with zero attached hydrogens (tertiary/aromatic N) is 2. The highest BCUT2D eigenvalue weighted by Crippen LogP contribution is 2.24. The van der Waals surface area contributed by atoms with Crippen molar-refractivity contribution in [3.05, 3.63) is 90.0 Å². The third kappa shape index (κ3) is 4.11. The van der Waals surface area contributed by atoms with Crippen LogP contribution < -0.4 is 4.74 Å². The number of hydrogen-bond acceptors (Lipinski definition) is 4. The first-order chi connectivity index (χ1) is 14.0. The van der Waals surface area contributed by atoms with E-state index >= 15 is 0 Å². The molecule has 0 atom stereocenters. The Kier molecular flexibility index (Phi) is 5.93. The third-order valence-corrected chi connectivity index (χ3v) is 4.59. The number of rotatable bonds is 8. The van der Waals surface area contributed by atoms with E-state index in [1.54, 1.807) is 24.1 Å². The van der Waals surface area contributed by atoms with Gasteiger partial charge < -0.3 is 9.64 Å². The van der Waals surface area contributed by atoms with Crippen molar-refractivity contribution in [3.8, 4) is 5.75 Å². The van der Waals surface area contributed by atoms with Gasteiger partial charge in [0.2, 0.25) is 0 Å². The number of benzene rings is 2. The quantitative estimate of drug-likeness (QED) is 0.512. The average Bonchev–Trinajstić information content (AvgIpc) is 2.97. The van der Waals surface area contributed by atoms with E-state index in [-0.39, 0.29) is 23.9 Å². The number of ether oxygens (including phenoxy) is 1. The van der Waals surface area contributed by atoms with Crippen molar-refractivity contribution in [2.75, 3.05) is 20.2 Å². The van der Waals surface area contributed by atoms with Crippen LogP contribution in [0.5, 0.6) is 5.75 Å². The number of fused-ring (bicyclic) bond motifs is 1. The molecule has 148 valence electrons. The van der Waals surface area contributed by atoms with E-state index in [9.17, 15) is 14.4 Å². The summed E-state index contributed by atoms with van der Waals surface area (Å²) in [6.45, 7) is 8.14. The molecule has 0 saturated heterocycles. The molecule has 1 aliphatic rings. The van der Waals surface area contributed by atoms with Crippen molar-refractivity contribution in [3.63, 3.8) is 0 Å². The number of amides is 3. The van der Waals surface area contributed by atoms with Gasteiger partial charge in [-0.15, -0.1) is 6.58 Å². The topological polar surface area (TPSA) is 66.9 Å². The van der Waals surface area contributed by atoms with Gasteiger partial charge in [0.15, 0.2) is 0 Å². The van der Waals surface area contributed by atoms with Crippen molar-refractivity contribution in [1.29, 1.82) is 0 Å². The van der Waals surface area contributed by atoms with Crippen molar-refractivity contribution < 1.29 is 19.1 Å². The SMILES string of the molecule is C=CCOc1ccc(CN(C)C(=O)c2ccc3c(c2)C(=O)N(CC=C)C3=O)cc1. The highest BCUT2D eigenvalue weighted by atomic mass is 16.5. The molecule has 1 aliphatic heterocycles. The molecular formula is C23H22N2O4. The number of imide groups is 1. The van der Waals surface area contributed by atoms with Crippen LogP contribution in [0, 0.1) is 0 Å². The second-order valence-corrected chi connectivity index (χ2v) is 6.67. The lowest BCUT2D eigenvalue weighted by molar-refractivity contribution is 0.0671. The molecule has 2 aromatic rings. The zero-order valence-corrected chi connectivity index (χ0v) is 16.3. The van der Waals surface area contributed by atoms with Crippen LogP contribution in [-0.4, -0.2) is 47.7 Å². The molecule has 0 radical (unpaired) electrons. The summed E-state index contributed by atoms with van der Waals surface area (Å²) in [4.78, 5) is 40.2. The van der Waals surface area contributed by atoms with Crippen LogP contribution in [-0.2, 0) is 6.54 Å². The summed E-state index contributed by atoms with van der Waals surface area (Å²) >= 11 is 0. The Bertz CT molecular complexity index is 979. The maximum absolute atomic E-state index is 12.8. The minimum absolute atomic E-state index is 0.141. The molecule has 0 aliphatic carbocycles. The molecule has 0 saturated carbocycles. The molecule has 3 amide bonds. The van der Waals surface area contributed by atoms with Crippen LogP contribution in [0.25, 0.3) is 0 Å². The maximum Gasteiger partial charge on any atom is 0.261 e. The number of carbonyl (C=O) groups is 3. The van der Waals surface area contributed by atoms with Crippen molar-refractivity contribution in [2.24, 2.45) is 0 Å². The number of carbonyl (C=O) groups excluding carboxylic acids is 3. The van der Waals surface area contributed by atoms with Crippen LogP contribution in [0.4, 0.5) is 0 Å². The van der Waals surface area contributed by atoms with Gasteiger partial charge in [0.05, 0.1) is 11.1 Å². The molecule has 3 rings (SSSR count). The molecule has 29 heavy (non-hydrogen) atoms. The van der Waals surface area contributed by atoms with E-state index in [2.05, 4.69) is 13.2 Å². The van der Waals surface area contributed by atoms with Crippen LogP contribution in [0.15, 0.2) is 67.8 Å². The summed E-state index contributed by atoms with van der Waals surface area (Å²) in [5, 5.41) is 0. The second-order valence-electron chi connectivity index (χ2n) is 6.67. The predicted octanol–water partition coefficient (Wildman–Crippen LogP) is 3.31. The van der Waals surface area contributed by atoms with E-state index in [0.717, 1.165) is 16.2 Å². The Morgan fingerprint density at radius 1 is 1.03 bits per heavy atom. The fraction of sp³-hybridized carbons (Fsp3) is 0.174. The van der Waals surface area contributed by atoms with Crippen molar-refractivity contribution in [2.45, 2.75) is 6.54 Å². The monoisotopic (exact) mass is 390 g/mol. The van der Waals surface area contributed by atoms with Gasteiger partial charge in [0, 0.05) is 25.7 Å². The highest BCUT2D eigenvalue weighted by molar-refractivity contribution is 6.22. The molecule has 0 unspecified atom stereocenters. The number of hydrogen-bond donors (Lipinski definition) is 0. The first kappa shape index (κ1) is 20.1. The zero-order valence-electron chi connectivity index (χ0n) is 16.3. The standard InChI is InChI=1S/C23H22N2O4/c1-4-12-25-22(27)19-11-8-17(14-20(19)23(25)28)21(26)24(3)15-16-6-9-18(10-7-16)29-13-5-2/h4-11,14H,1-2,12-13,15H2,3H3. The van der Waals surface area contributed by atoms with E-state index in [0.29, 0.717) is 24.3 Å². The molecule has 0 bridgehead atoms. The lowest BCUT2D eigenvalue weighted by Crippen LogP contribution is -2.29. The summed E-state index contributed by atoms with van der Waals surface area (Å²) in [5.74, 6) is -0.274. The molecule has 2 aromatic carbocycles. The summed E-state index contributed by atoms with van der Waals surface area (Å²) in [6, 6.07) is 12.1. The lowest BCUT2D eigenvalue weighted by Gasteiger charge is -2.18. The van der Waals surface area contributed by atoms with Crippen LogP contribution >= 0.6 is 0 Å². The van der Waals surface area contributed by atoms with Crippen LogP contribution in [0.3, 0.4) is 0 Å². The van der Waals surface area contributed by atoms with Crippen LogP contribution in [0.1, 0.15) is 36.6 Å².